The van der Waals surface area contributed by atoms with Crippen molar-refractivity contribution in [2.24, 2.45) is 0 Å². The van der Waals surface area contributed by atoms with E-state index in [9.17, 15) is 10.1 Å². The smallest absolute Gasteiger partial charge is 0.290 e. The minimum atomic E-state index is -0.374. The first-order valence-electron chi connectivity index (χ1n) is 6.86. The lowest BCUT2D eigenvalue weighted by molar-refractivity contribution is -0.384. The summed E-state index contributed by atoms with van der Waals surface area (Å²) in [4.78, 5) is 21.9. The molecule has 7 nitrogen and oxygen atoms in total. The van der Waals surface area contributed by atoms with Crippen LogP contribution >= 0.6 is 0 Å². The zero-order valence-electron chi connectivity index (χ0n) is 12.9. The van der Waals surface area contributed by atoms with Gasteiger partial charge in [-0.15, -0.1) is 0 Å². The van der Waals surface area contributed by atoms with E-state index < -0.39 is 0 Å². The van der Waals surface area contributed by atoms with E-state index in [0.717, 1.165) is 29.6 Å². The van der Waals surface area contributed by atoms with Gasteiger partial charge >= 0.3 is 0 Å². The third-order valence-electron chi connectivity index (χ3n) is 2.92. The molecule has 3 N–H and O–H groups in total. The lowest BCUT2D eigenvalue weighted by atomic mass is 10.1. The van der Waals surface area contributed by atoms with Crippen LogP contribution in [-0.4, -0.2) is 33.6 Å². The Labute approximate surface area is 128 Å². The number of nitro groups is 1. The van der Waals surface area contributed by atoms with Crippen molar-refractivity contribution in [1.29, 1.82) is 0 Å². The number of carboxylic acid groups (broad SMARTS) is 1. The predicted octanol–water partition coefficient (Wildman–Crippen LogP) is 2.71. The molecule has 0 spiro atoms. The molecular formula is C15H21N3O4. The minimum Gasteiger partial charge on any atom is -0.483 e. The van der Waals surface area contributed by atoms with Gasteiger partial charge in [-0.3, -0.25) is 14.9 Å². The molecule has 0 fully saturated rings. The highest BCUT2D eigenvalue weighted by atomic mass is 16.6. The van der Waals surface area contributed by atoms with E-state index in [0.29, 0.717) is 0 Å². The fraction of sp³-hybridized carbons (Fsp3) is 0.400. The standard InChI is InChI=1S/C14H19N3O2.CH2O2/c1-14(2,3)15-7-6-11-8-10-4-5-12(17(18)19)9-13(10)16-11;2-1-3/h4-5,8-9,15-16H,6-7H2,1-3H3;1H,(H,2,3). The molecule has 120 valence electrons. The summed E-state index contributed by atoms with van der Waals surface area (Å²) in [5.74, 6) is 0. The molecule has 0 amide bonds. The number of aromatic amines is 1. The Morgan fingerprint density at radius 2 is 2.00 bits per heavy atom. The van der Waals surface area contributed by atoms with Gasteiger partial charge in [0, 0.05) is 35.3 Å². The van der Waals surface area contributed by atoms with Crippen molar-refractivity contribution >= 4 is 23.1 Å². The summed E-state index contributed by atoms with van der Waals surface area (Å²) in [5.41, 5.74) is 2.13. The highest BCUT2D eigenvalue weighted by Crippen LogP contribution is 2.21. The van der Waals surface area contributed by atoms with Crippen LogP contribution in [0.3, 0.4) is 0 Å². The number of non-ortho nitro benzene ring substituents is 1. The van der Waals surface area contributed by atoms with Crippen molar-refractivity contribution in [3.8, 4) is 0 Å². The third kappa shape index (κ3) is 5.53. The van der Waals surface area contributed by atoms with Gasteiger partial charge < -0.3 is 15.4 Å². The topological polar surface area (TPSA) is 108 Å². The first kappa shape index (κ1) is 17.6. The molecule has 0 aliphatic rings. The van der Waals surface area contributed by atoms with E-state index in [2.05, 4.69) is 31.1 Å². The average molecular weight is 307 g/mol. The second-order valence-corrected chi connectivity index (χ2v) is 5.86. The Morgan fingerprint density at radius 1 is 1.36 bits per heavy atom. The molecule has 0 aliphatic carbocycles. The van der Waals surface area contributed by atoms with E-state index in [1.165, 1.54) is 6.07 Å². The van der Waals surface area contributed by atoms with Crippen LogP contribution in [0.5, 0.6) is 0 Å². The van der Waals surface area contributed by atoms with Gasteiger partial charge in [-0.25, -0.2) is 0 Å². The summed E-state index contributed by atoms with van der Waals surface area (Å²) in [5, 5.41) is 22.0. The van der Waals surface area contributed by atoms with Crippen molar-refractivity contribution in [3.05, 3.63) is 40.1 Å². The summed E-state index contributed by atoms with van der Waals surface area (Å²) in [6, 6.07) is 6.94. The van der Waals surface area contributed by atoms with Gasteiger partial charge in [0.25, 0.3) is 12.2 Å². The number of hydrogen-bond acceptors (Lipinski definition) is 4. The average Bonchev–Trinajstić information content (AvgIpc) is 2.79. The maximum atomic E-state index is 10.7. The van der Waals surface area contributed by atoms with Crippen molar-refractivity contribution < 1.29 is 14.8 Å². The first-order valence-corrected chi connectivity index (χ1v) is 6.86. The molecule has 0 atom stereocenters. The van der Waals surface area contributed by atoms with E-state index in [1.807, 2.05) is 6.07 Å². The second kappa shape index (κ2) is 7.56. The molecule has 0 bridgehead atoms. The van der Waals surface area contributed by atoms with Crippen molar-refractivity contribution in [3.63, 3.8) is 0 Å². The van der Waals surface area contributed by atoms with Gasteiger partial charge in [-0.1, -0.05) is 0 Å². The van der Waals surface area contributed by atoms with Crippen molar-refractivity contribution in [2.75, 3.05) is 6.54 Å². The van der Waals surface area contributed by atoms with Crippen LogP contribution in [0.2, 0.25) is 0 Å². The monoisotopic (exact) mass is 307 g/mol. The number of H-pyrrole nitrogens is 1. The number of aromatic nitrogens is 1. The van der Waals surface area contributed by atoms with Crippen LogP contribution in [0.25, 0.3) is 10.9 Å². The highest BCUT2D eigenvalue weighted by Gasteiger charge is 2.10. The molecule has 7 heteroatoms. The molecule has 2 aromatic rings. The molecule has 2 rings (SSSR count). The summed E-state index contributed by atoms with van der Waals surface area (Å²) >= 11 is 0. The molecule has 0 radical (unpaired) electrons. The molecule has 0 saturated heterocycles. The highest BCUT2D eigenvalue weighted by molar-refractivity contribution is 5.82. The van der Waals surface area contributed by atoms with Crippen LogP contribution in [0, 0.1) is 10.1 Å². The molecule has 0 saturated carbocycles. The fourth-order valence-electron chi connectivity index (χ4n) is 2.00. The number of carbonyl (C=O) groups is 1. The van der Waals surface area contributed by atoms with Crippen LogP contribution < -0.4 is 5.32 Å². The zero-order chi connectivity index (χ0) is 16.8. The molecule has 0 aliphatic heterocycles. The summed E-state index contributed by atoms with van der Waals surface area (Å²) in [6.07, 6.45) is 0.875. The molecule has 1 aromatic heterocycles. The molecule has 0 unspecified atom stereocenters. The van der Waals surface area contributed by atoms with E-state index >= 15 is 0 Å². The van der Waals surface area contributed by atoms with Crippen molar-refractivity contribution in [1.82, 2.24) is 10.3 Å². The lowest BCUT2D eigenvalue weighted by Crippen LogP contribution is -2.37. The van der Waals surface area contributed by atoms with Gasteiger partial charge in [0.15, 0.2) is 0 Å². The molecule has 1 aromatic carbocycles. The van der Waals surface area contributed by atoms with Crippen LogP contribution in [-0.2, 0) is 11.2 Å². The maximum absolute atomic E-state index is 10.7. The first-order chi connectivity index (χ1) is 10.3. The van der Waals surface area contributed by atoms with Gasteiger partial charge in [0.05, 0.1) is 10.4 Å². The second-order valence-electron chi connectivity index (χ2n) is 5.86. The Morgan fingerprint density at radius 3 is 2.55 bits per heavy atom. The van der Waals surface area contributed by atoms with Gasteiger partial charge in [-0.2, -0.15) is 0 Å². The van der Waals surface area contributed by atoms with Crippen LogP contribution in [0.1, 0.15) is 26.5 Å². The Kier molecular flexibility index (Phi) is 6.06. The quantitative estimate of drug-likeness (QED) is 0.457. The van der Waals surface area contributed by atoms with Crippen LogP contribution in [0.15, 0.2) is 24.3 Å². The minimum absolute atomic E-state index is 0.102. The summed E-state index contributed by atoms with van der Waals surface area (Å²) in [7, 11) is 0. The van der Waals surface area contributed by atoms with Gasteiger partial charge in [0.1, 0.15) is 0 Å². The fourth-order valence-corrected chi connectivity index (χ4v) is 2.00. The zero-order valence-corrected chi connectivity index (χ0v) is 12.9. The number of hydrogen-bond donors (Lipinski definition) is 3. The van der Waals surface area contributed by atoms with Crippen LogP contribution in [0.4, 0.5) is 5.69 Å². The summed E-state index contributed by atoms with van der Waals surface area (Å²) in [6.45, 7) is 7.00. The Hall–Kier alpha value is -2.41. The number of nitro benzene ring substituents is 1. The number of benzene rings is 1. The number of nitrogens with one attached hydrogen (secondary N) is 2. The molecule has 1 heterocycles. The summed E-state index contributed by atoms with van der Waals surface area (Å²) < 4.78 is 0. The van der Waals surface area contributed by atoms with E-state index in [1.54, 1.807) is 12.1 Å². The Balaban J connectivity index is 0.000000745. The normalized spacial score (nSPS) is 10.9. The largest absolute Gasteiger partial charge is 0.483 e. The number of rotatable bonds is 4. The van der Waals surface area contributed by atoms with Gasteiger partial charge in [-0.05, 0) is 39.3 Å². The van der Waals surface area contributed by atoms with Gasteiger partial charge in [0.2, 0.25) is 0 Å². The SMILES string of the molecule is CC(C)(C)NCCc1cc2ccc([N+](=O)[O-])cc2[nH]1.O=CO. The predicted molar refractivity (Wildman–Crippen MR) is 85.1 cm³/mol. The lowest BCUT2D eigenvalue weighted by Gasteiger charge is -2.20. The van der Waals surface area contributed by atoms with E-state index in [4.69, 9.17) is 9.90 Å². The molecule has 22 heavy (non-hydrogen) atoms. The van der Waals surface area contributed by atoms with E-state index in [-0.39, 0.29) is 22.6 Å². The third-order valence-corrected chi connectivity index (χ3v) is 2.92. The molecular weight excluding hydrogens is 286 g/mol. The Bertz CT molecular complexity index is 644. The number of fused-ring (bicyclic) bond motifs is 1. The maximum Gasteiger partial charge on any atom is 0.290 e. The number of nitrogens with zero attached hydrogens (tertiary/aromatic N) is 1. The van der Waals surface area contributed by atoms with Crippen molar-refractivity contribution in [2.45, 2.75) is 32.7 Å².